The SMILES string of the molecule is Cc1cc(Cl)c(C)cc1S.O=C(O)c1coc(CNC2CC2)n1. The van der Waals surface area contributed by atoms with Gasteiger partial charge in [-0.05, 0) is 49.9 Å². The van der Waals surface area contributed by atoms with Crippen molar-refractivity contribution in [3.8, 4) is 0 Å². The van der Waals surface area contributed by atoms with Crippen LogP contribution in [-0.4, -0.2) is 22.1 Å². The van der Waals surface area contributed by atoms with Crippen LogP contribution >= 0.6 is 24.2 Å². The highest BCUT2D eigenvalue weighted by Crippen LogP contribution is 2.22. The van der Waals surface area contributed by atoms with Gasteiger partial charge < -0.3 is 14.8 Å². The molecule has 1 fully saturated rings. The van der Waals surface area contributed by atoms with Crippen molar-refractivity contribution in [1.29, 1.82) is 0 Å². The number of oxazole rings is 1. The van der Waals surface area contributed by atoms with E-state index in [4.69, 9.17) is 21.1 Å². The number of benzene rings is 1. The molecule has 0 bridgehead atoms. The van der Waals surface area contributed by atoms with Crippen molar-refractivity contribution in [1.82, 2.24) is 10.3 Å². The lowest BCUT2D eigenvalue weighted by Gasteiger charge is -2.01. The van der Waals surface area contributed by atoms with E-state index in [0.29, 0.717) is 18.5 Å². The number of aromatic nitrogens is 1. The molecule has 1 saturated carbocycles. The van der Waals surface area contributed by atoms with Crippen LogP contribution in [0.15, 0.2) is 27.7 Å². The third-order valence-corrected chi connectivity index (χ3v) is 4.26. The Labute approximate surface area is 145 Å². The van der Waals surface area contributed by atoms with Crippen LogP contribution in [-0.2, 0) is 6.54 Å². The van der Waals surface area contributed by atoms with Crippen LogP contribution in [0.3, 0.4) is 0 Å². The zero-order valence-electron chi connectivity index (χ0n) is 13.0. The average Bonchev–Trinajstić information content (AvgIpc) is 3.20. The van der Waals surface area contributed by atoms with E-state index in [1.165, 1.54) is 12.8 Å². The maximum atomic E-state index is 10.4. The molecule has 0 atom stereocenters. The standard InChI is InChI=1S/C8H9ClS.C8H10N2O3/c1-5-4-8(10)6(2)3-7(5)9;11-8(12)6-4-13-7(10-6)3-9-5-1-2-5/h3-4,10H,1-2H3;4-5,9H,1-3H2,(H,11,12). The number of hydrogen-bond acceptors (Lipinski definition) is 5. The highest BCUT2D eigenvalue weighted by Gasteiger charge is 2.21. The van der Waals surface area contributed by atoms with Crippen LogP contribution in [0.2, 0.25) is 5.02 Å². The Kier molecular flexibility index (Phi) is 6.10. The summed E-state index contributed by atoms with van der Waals surface area (Å²) in [5.74, 6) is -0.620. The first-order valence-electron chi connectivity index (χ1n) is 7.23. The average molecular weight is 355 g/mol. The number of nitrogens with zero attached hydrogens (tertiary/aromatic N) is 1. The van der Waals surface area contributed by atoms with E-state index in [9.17, 15) is 4.79 Å². The first-order valence-corrected chi connectivity index (χ1v) is 8.06. The van der Waals surface area contributed by atoms with E-state index in [-0.39, 0.29) is 5.69 Å². The number of nitrogens with one attached hydrogen (secondary N) is 1. The lowest BCUT2D eigenvalue weighted by atomic mass is 10.2. The van der Waals surface area contributed by atoms with Gasteiger partial charge in [0.1, 0.15) is 6.26 Å². The Morgan fingerprint density at radius 2 is 2.13 bits per heavy atom. The summed E-state index contributed by atoms with van der Waals surface area (Å²) in [5, 5.41) is 12.5. The molecular weight excluding hydrogens is 336 g/mol. The smallest absolute Gasteiger partial charge is 0.357 e. The Hall–Kier alpha value is -1.50. The summed E-state index contributed by atoms with van der Waals surface area (Å²) < 4.78 is 4.95. The second-order valence-corrected chi connectivity index (χ2v) is 6.36. The topological polar surface area (TPSA) is 75.4 Å². The largest absolute Gasteiger partial charge is 0.476 e. The van der Waals surface area contributed by atoms with Gasteiger partial charge in [0.2, 0.25) is 5.89 Å². The molecule has 1 aromatic heterocycles. The van der Waals surface area contributed by atoms with Gasteiger partial charge in [0.05, 0.1) is 6.54 Å². The first kappa shape index (κ1) is 17.8. The number of aryl methyl sites for hydroxylation is 2. The van der Waals surface area contributed by atoms with Gasteiger partial charge in [0.25, 0.3) is 0 Å². The van der Waals surface area contributed by atoms with Crippen LogP contribution < -0.4 is 5.32 Å². The molecule has 3 rings (SSSR count). The molecule has 7 heteroatoms. The maximum absolute atomic E-state index is 10.4. The number of rotatable bonds is 4. The van der Waals surface area contributed by atoms with Crippen molar-refractivity contribution in [2.45, 2.75) is 44.2 Å². The Morgan fingerprint density at radius 1 is 1.43 bits per heavy atom. The summed E-state index contributed by atoms with van der Waals surface area (Å²) in [6, 6.07) is 4.47. The number of aromatic carboxylic acids is 1. The zero-order valence-corrected chi connectivity index (χ0v) is 14.6. The molecule has 124 valence electrons. The van der Waals surface area contributed by atoms with Gasteiger partial charge in [0, 0.05) is 16.0 Å². The third kappa shape index (κ3) is 5.57. The maximum Gasteiger partial charge on any atom is 0.357 e. The van der Waals surface area contributed by atoms with E-state index < -0.39 is 5.97 Å². The van der Waals surface area contributed by atoms with Gasteiger partial charge in [0.15, 0.2) is 5.69 Å². The second kappa shape index (κ2) is 7.86. The number of carboxylic acids is 1. The molecule has 23 heavy (non-hydrogen) atoms. The molecule has 1 aliphatic carbocycles. The summed E-state index contributed by atoms with van der Waals surface area (Å²) in [7, 11) is 0. The van der Waals surface area contributed by atoms with Crippen molar-refractivity contribution in [2.75, 3.05) is 0 Å². The van der Waals surface area contributed by atoms with Crippen molar-refractivity contribution < 1.29 is 14.3 Å². The minimum Gasteiger partial charge on any atom is -0.476 e. The minimum absolute atomic E-state index is 0.0346. The predicted molar refractivity (Wildman–Crippen MR) is 91.5 cm³/mol. The molecule has 2 aromatic rings. The van der Waals surface area contributed by atoms with Gasteiger partial charge in [-0.1, -0.05) is 11.6 Å². The number of halogens is 1. The molecule has 0 aliphatic heterocycles. The molecule has 1 heterocycles. The van der Waals surface area contributed by atoms with Gasteiger partial charge in [-0.15, -0.1) is 12.6 Å². The zero-order chi connectivity index (χ0) is 17.0. The van der Waals surface area contributed by atoms with E-state index >= 15 is 0 Å². The fourth-order valence-electron chi connectivity index (χ4n) is 1.78. The second-order valence-electron chi connectivity index (χ2n) is 5.47. The van der Waals surface area contributed by atoms with Gasteiger partial charge in [-0.2, -0.15) is 0 Å². The highest BCUT2D eigenvalue weighted by molar-refractivity contribution is 7.80. The van der Waals surface area contributed by atoms with Crippen molar-refractivity contribution in [3.05, 3.63) is 46.1 Å². The minimum atomic E-state index is -1.05. The van der Waals surface area contributed by atoms with Crippen molar-refractivity contribution in [3.63, 3.8) is 0 Å². The lowest BCUT2D eigenvalue weighted by Crippen LogP contribution is -2.15. The Morgan fingerprint density at radius 3 is 2.65 bits per heavy atom. The summed E-state index contributed by atoms with van der Waals surface area (Å²) in [6.07, 6.45) is 3.53. The van der Waals surface area contributed by atoms with Gasteiger partial charge in [-0.3, -0.25) is 0 Å². The Bertz CT molecular complexity index is 648. The summed E-state index contributed by atoms with van der Waals surface area (Å²) in [6.45, 7) is 4.48. The fraction of sp³-hybridized carbons (Fsp3) is 0.375. The molecule has 0 amide bonds. The number of hydrogen-bond donors (Lipinski definition) is 3. The number of carbonyl (C=O) groups is 1. The van der Waals surface area contributed by atoms with Crippen molar-refractivity contribution >= 4 is 30.2 Å². The van der Waals surface area contributed by atoms with E-state index in [0.717, 1.165) is 27.3 Å². The Balaban J connectivity index is 0.000000174. The molecule has 5 nitrogen and oxygen atoms in total. The predicted octanol–water partition coefficient (Wildman–Crippen LogP) is 3.87. The van der Waals surface area contributed by atoms with Crippen LogP contribution in [0.25, 0.3) is 0 Å². The van der Waals surface area contributed by atoms with Crippen molar-refractivity contribution in [2.24, 2.45) is 0 Å². The monoisotopic (exact) mass is 354 g/mol. The molecule has 0 unspecified atom stereocenters. The van der Waals surface area contributed by atoms with Crippen LogP contribution in [0.4, 0.5) is 0 Å². The molecular formula is C16H19ClN2O3S. The molecule has 2 N–H and O–H groups in total. The van der Waals surface area contributed by atoms with Gasteiger partial charge >= 0.3 is 5.97 Å². The number of thiol groups is 1. The quantitative estimate of drug-likeness (QED) is 0.727. The molecule has 1 aromatic carbocycles. The lowest BCUT2D eigenvalue weighted by molar-refractivity contribution is 0.0690. The van der Waals surface area contributed by atoms with Gasteiger partial charge in [-0.25, -0.2) is 9.78 Å². The summed E-state index contributed by atoms with van der Waals surface area (Å²) >= 11 is 10.1. The molecule has 0 spiro atoms. The van der Waals surface area contributed by atoms with Crippen LogP contribution in [0, 0.1) is 13.8 Å². The molecule has 0 saturated heterocycles. The molecule has 0 radical (unpaired) electrons. The number of carboxylic acid groups (broad SMARTS) is 1. The van der Waals surface area contributed by atoms with E-state index in [1.807, 2.05) is 26.0 Å². The summed E-state index contributed by atoms with van der Waals surface area (Å²) in [4.78, 5) is 15.2. The fourth-order valence-corrected chi connectivity index (χ4v) is 2.25. The highest BCUT2D eigenvalue weighted by atomic mass is 35.5. The van der Waals surface area contributed by atoms with E-state index in [1.54, 1.807) is 0 Å². The first-order chi connectivity index (χ1) is 10.9. The third-order valence-electron chi connectivity index (χ3n) is 3.37. The van der Waals surface area contributed by atoms with Crippen LogP contribution in [0.5, 0.6) is 0 Å². The van der Waals surface area contributed by atoms with Crippen LogP contribution in [0.1, 0.15) is 40.3 Å². The van der Waals surface area contributed by atoms with E-state index in [2.05, 4.69) is 22.9 Å². The summed E-state index contributed by atoms with van der Waals surface area (Å²) in [5.41, 5.74) is 2.17. The normalized spacial score (nSPS) is 13.4. The molecule has 1 aliphatic rings.